The van der Waals surface area contributed by atoms with Crippen LogP contribution < -0.4 is 0 Å². The Morgan fingerprint density at radius 2 is 1.60 bits per heavy atom. The normalized spacial score (nSPS) is 26.2. The number of hydrogen-bond acceptors (Lipinski definition) is 2. The van der Waals surface area contributed by atoms with Crippen molar-refractivity contribution in [1.82, 2.24) is 9.80 Å². The summed E-state index contributed by atoms with van der Waals surface area (Å²) in [5.41, 5.74) is 0.722. The lowest BCUT2D eigenvalue weighted by atomic mass is 9.72. The number of rotatable bonds is 3. The third-order valence-electron chi connectivity index (χ3n) is 3.86. The van der Waals surface area contributed by atoms with E-state index in [4.69, 9.17) is 0 Å². The van der Waals surface area contributed by atoms with E-state index < -0.39 is 0 Å². The topological polar surface area (TPSA) is 6.48 Å². The lowest BCUT2D eigenvalue weighted by molar-refractivity contribution is -0.126. The molecule has 1 spiro atoms. The second kappa shape index (κ2) is 5.31. The molecule has 2 heterocycles. The van der Waals surface area contributed by atoms with Gasteiger partial charge < -0.3 is 4.90 Å². The summed E-state index contributed by atoms with van der Waals surface area (Å²) in [5, 5.41) is 0. The zero-order chi connectivity index (χ0) is 11.5. The van der Waals surface area contributed by atoms with Crippen LogP contribution in [0.3, 0.4) is 0 Å². The van der Waals surface area contributed by atoms with Gasteiger partial charge in [-0.2, -0.15) is 0 Å². The van der Waals surface area contributed by atoms with Crippen LogP contribution in [0.25, 0.3) is 0 Å². The largest absolute Gasteiger partial charge is 0.302 e. The van der Waals surface area contributed by atoms with Gasteiger partial charge in [-0.05, 0) is 19.9 Å². The van der Waals surface area contributed by atoms with Crippen molar-refractivity contribution in [3.8, 4) is 0 Å². The number of hydrogen-bond donors (Lipinski definition) is 0. The third-order valence-corrected chi connectivity index (χ3v) is 3.86. The molecule has 0 radical (unpaired) electrons. The van der Waals surface area contributed by atoms with Crippen LogP contribution in [-0.4, -0.2) is 48.6 Å². The van der Waals surface area contributed by atoms with Gasteiger partial charge in [0.05, 0.1) is 0 Å². The molecule has 1 atom stereocenters. The van der Waals surface area contributed by atoms with Crippen LogP contribution in [0.5, 0.6) is 0 Å². The van der Waals surface area contributed by atoms with E-state index in [1.807, 2.05) is 13.8 Å². The van der Waals surface area contributed by atoms with Gasteiger partial charge in [0, 0.05) is 37.6 Å². The van der Waals surface area contributed by atoms with Crippen molar-refractivity contribution in [2.24, 2.45) is 5.41 Å². The summed E-state index contributed by atoms with van der Waals surface area (Å²) < 4.78 is 0. The lowest BCUT2D eigenvalue weighted by Gasteiger charge is -2.61. The molecule has 2 rings (SSSR count). The Kier molecular flexibility index (Phi) is 4.60. The lowest BCUT2D eigenvalue weighted by Crippen LogP contribution is -2.72. The van der Waals surface area contributed by atoms with Crippen LogP contribution >= 0.6 is 0 Å². The maximum atomic E-state index is 2.63. The van der Waals surface area contributed by atoms with Gasteiger partial charge in [0.15, 0.2) is 0 Å². The Morgan fingerprint density at radius 3 is 2.00 bits per heavy atom. The predicted molar refractivity (Wildman–Crippen MR) is 67.2 cm³/mol. The highest BCUT2D eigenvalue weighted by Crippen LogP contribution is 2.40. The highest BCUT2D eigenvalue weighted by molar-refractivity contribution is 5.06. The first kappa shape index (κ1) is 13.0. The van der Waals surface area contributed by atoms with Gasteiger partial charge in [-0.15, -0.1) is 0 Å². The minimum Gasteiger partial charge on any atom is -0.302 e. The summed E-state index contributed by atoms with van der Waals surface area (Å²) in [4.78, 5) is 5.18. The molecule has 0 aromatic carbocycles. The van der Waals surface area contributed by atoms with Gasteiger partial charge in [-0.25, -0.2) is 0 Å². The van der Waals surface area contributed by atoms with E-state index in [0.717, 1.165) is 11.5 Å². The van der Waals surface area contributed by atoms with Crippen molar-refractivity contribution in [1.29, 1.82) is 0 Å². The molecule has 0 bridgehead atoms. The third kappa shape index (κ3) is 2.54. The van der Waals surface area contributed by atoms with Crippen molar-refractivity contribution < 1.29 is 0 Å². The molecule has 0 amide bonds. The molecule has 2 aliphatic heterocycles. The van der Waals surface area contributed by atoms with E-state index in [2.05, 4.69) is 30.6 Å². The van der Waals surface area contributed by atoms with Crippen LogP contribution in [0, 0.1) is 5.41 Å². The minimum atomic E-state index is 0.722. The Balaban J connectivity index is 0.000000531. The maximum absolute atomic E-state index is 2.63. The summed E-state index contributed by atoms with van der Waals surface area (Å²) >= 11 is 0. The highest BCUT2D eigenvalue weighted by atomic mass is 15.3. The first-order valence-electron chi connectivity index (χ1n) is 6.65. The van der Waals surface area contributed by atoms with E-state index in [1.165, 1.54) is 39.1 Å². The summed E-state index contributed by atoms with van der Waals surface area (Å²) in [5.74, 6) is 0. The molecular weight excluding hydrogens is 184 g/mol. The van der Waals surface area contributed by atoms with Crippen LogP contribution in [0.2, 0.25) is 0 Å². The smallest absolute Gasteiger partial charge is 0.0212 e. The summed E-state index contributed by atoms with van der Waals surface area (Å²) in [6, 6.07) is 0.807. The fraction of sp³-hybridized carbons (Fsp3) is 1.00. The first-order valence-corrected chi connectivity index (χ1v) is 6.65. The van der Waals surface area contributed by atoms with Crippen molar-refractivity contribution >= 4 is 0 Å². The van der Waals surface area contributed by atoms with Crippen LogP contribution in [0.15, 0.2) is 0 Å². The average Bonchev–Trinajstić information content (AvgIpc) is 2.17. The van der Waals surface area contributed by atoms with Crippen LogP contribution in [0.1, 0.15) is 41.0 Å². The second-order valence-corrected chi connectivity index (χ2v) is 4.97. The molecule has 0 N–H and O–H groups in total. The van der Waals surface area contributed by atoms with E-state index >= 15 is 0 Å². The second-order valence-electron chi connectivity index (χ2n) is 4.97. The van der Waals surface area contributed by atoms with E-state index in [-0.39, 0.29) is 0 Å². The molecule has 0 saturated carbocycles. The molecule has 90 valence electrons. The standard InChI is InChI=1S/C11H22N2.C2H6/c1-4-10(3)13-8-11(9-13)6-12(5-2)7-11;1-2/h10H,4-9H2,1-3H3;1-2H3. The predicted octanol–water partition coefficient (Wildman–Crippen LogP) is 2.45. The molecular formula is C13H28N2. The van der Waals surface area contributed by atoms with Crippen molar-refractivity contribution in [2.75, 3.05) is 32.7 Å². The molecule has 0 aliphatic carbocycles. The Morgan fingerprint density at radius 1 is 1.07 bits per heavy atom. The van der Waals surface area contributed by atoms with Gasteiger partial charge in [0.2, 0.25) is 0 Å². The highest BCUT2D eigenvalue weighted by Gasteiger charge is 2.51. The summed E-state index contributed by atoms with van der Waals surface area (Å²) in [7, 11) is 0. The fourth-order valence-electron chi connectivity index (χ4n) is 2.71. The molecule has 0 aromatic rings. The molecule has 2 saturated heterocycles. The molecule has 2 aliphatic rings. The van der Waals surface area contributed by atoms with Crippen LogP contribution in [-0.2, 0) is 0 Å². The maximum Gasteiger partial charge on any atom is 0.0212 e. The van der Waals surface area contributed by atoms with Gasteiger partial charge in [0.1, 0.15) is 0 Å². The minimum absolute atomic E-state index is 0.722. The molecule has 15 heavy (non-hydrogen) atoms. The molecule has 2 nitrogen and oxygen atoms in total. The van der Waals surface area contributed by atoms with Gasteiger partial charge in [0.25, 0.3) is 0 Å². The van der Waals surface area contributed by atoms with Crippen molar-refractivity contribution in [2.45, 2.75) is 47.1 Å². The van der Waals surface area contributed by atoms with Crippen LogP contribution in [0.4, 0.5) is 0 Å². The van der Waals surface area contributed by atoms with Crippen molar-refractivity contribution in [3.05, 3.63) is 0 Å². The molecule has 0 aromatic heterocycles. The molecule has 2 fully saturated rings. The first-order chi connectivity index (χ1) is 7.19. The van der Waals surface area contributed by atoms with E-state index in [9.17, 15) is 0 Å². The Labute approximate surface area is 95.6 Å². The van der Waals surface area contributed by atoms with Gasteiger partial charge >= 0.3 is 0 Å². The number of likely N-dealkylation sites (tertiary alicyclic amines) is 2. The Hall–Kier alpha value is -0.0800. The molecule has 1 unspecified atom stereocenters. The molecule has 2 heteroatoms. The summed E-state index contributed by atoms with van der Waals surface area (Å²) in [6.45, 7) is 17.6. The average molecular weight is 212 g/mol. The zero-order valence-corrected chi connectivity index (χ0v) is 11.2. The SMILES string of the molecule is CC.CCC(C)N1CC2(CN(CC)C2)C1. The zero-order valence-electron chi connectivity index (χ0n) is 11.2. The summed E-state index contributed by atoms with van der Waals surface area (Å²) in [6.07, 6.45) is 1.30. The monoisotopic (exact) mass is 212 g/mol. The van der Waals surface area contributed by atoms with Gasteiger partial charge in [-0.3, -0.25) is 4.90 Å². The number of nitrogens with zero attached hydrogens (tertiary/aromatic N) is 2. The Bertz CT molecular complexity index is 177. The van der Waals surface area contributed by atoms with E-state index in [1.54, 1.807) is 0 Å². The van der Waals surface area contributed by atoms with E-state index in [0.29, 0.717) is 0 Å². The van der Waals surface area contributed by atoms with Crippen molar-refractivity contribution in [3.63, 3.8) is 0 Å². The van der Waals surface area contributed by atoms with Gasteiger partial charge in [-0.1, -0.05) is 27.7 Å². The quantitative estimate of drug-likeness (QED) is 0.709. The fourth-order valence-corrected chi connectivity index (χ4v) is 2.71.